The van der Waals surface area contributed by atoms with E-state index in [0.29, 0.717) is 19.4 Å². The monoisotopic (exact) mass is 1090 g/mol. The molecule has 0 aliphatic heterocycles. The van der Waals surface area contributed by atoms with Crippen molar-refractivity contribution in [2.75, 3.05) is 19.7 Å². The van der Waals surface area contributed by atoms with Crippen molar-refractivity contribution in [3.05, 3.63) is 0 Å². The molecule has 0 spiro atoms. The van der Waals surface area contributed by atoms with Crippen molar-refractivity contribution in [1.82, 2.24) is 53.2 Å². The number of carbonyl (C=O) groups is 14. The number of hydrogen-bond donors (Lipinski definition) is 18. The molecule has 0 aliphatic carbocycles. The SMILES string of the molecule is CC(C)[C@H](NC(=O)[C@H](CC(N)=O)NC(=O)[C@H](CCC(N)=O)NC(=O)[C@H](CO)NC(=O)[C@H](C)NC(=O)[C@@H](N)CCCCN)C(=O)NCC(=O)N[C@H](C(=O)N[C@@H](CC(N)=O)C(=O)N[C@H](C(=O)N[C@@H](C)C(=O)O)C(C)C)[C@@H](C)O. The largest absolute Gasteiger partial charge is 0.480 e. The summed E-state index contributed by atoms with van der Waals surface area (Å²) in [5.41, 5.74) is 27.2. The van der Waals surface area contributed by atoms with E-state index in [0.717, 1.165) is 6.92 Å². The Balaban J connectivity index is 6.12. The molecule has 0 aromatic heterocycles. The number of aliphatic hydroxyl groups is 2. The maximum absolute atomic E-state index is 13.6. The molecule has 0 heterocycles. The molecule has 23 N–H and O–H groups in total. The fraction of sp³-hybridized carbons (Fsp3) is 0.682. The Hall–Kier alpha value is -7.58. The molecule has 0 saturated heterocycles. The molecule has 0 radical (unpaired) electrons. The number of carboxylic acids is 1. The highest BCUT2D eigenvalue weighted by atomic mass is 16.4. The first kappa shape index (κ1) is 68.4. The molecule has 0 fully saturated rings. The Kier molecular flexibility index (Phi) is 30.7. The fourth-order valence-electron chi connectivity index (χ4n) is 6.55. The Morgan fingerprint density at radius 3 is 1.34 bits per heavy atom. The van der Waals surface area contributed by atoms with Crippen LogP contribution in [-0.2, 0) is 67.1 Å². The molecule has 0 aliphatic rings. The molecule has 0 saturated carbocycles. The van der Waals surface area contributed by atoms with Gasteiger partial charge in [-0.25, -0.2) is 0 Å². The number of primary amides is 3. The van der Waals surface area contributed by atoms with Crippen LogP contribution in [0.5, 0.6) is 0 Å². The Morgan fingerprint density at radius 1 is 0.461 bits per heavy atom. The first-order valence-electron chi connectivity index (χ1n) is 24.1. The number of nitrogens with one attached hydrogen (secondary N) is 10. The molecule has 32 nitrogen and oxygen atoms in total. The van der Waals surface area contributed by atoms with Crippen LogP contribution in [0, 0.1) is 11.8 Å². The highest BCUT2D eigenvalue weighted by Crippen LogP contribution is 2.08. The molecule has 0 aromatic rings. The van der Waals surface area contributed by atoms with Gasteiger partial charge in [-0.3, -0.25) is 67.1 Å². The molecule has 0 unspecified atom stereocenters. The van der Waals surface area contributed by atoms with Gasteiger partial charge in [-0.15, -0.1) is 0 Å². The smallest absolute Gasteiger partial charge is 0.325 e. The van der Waals surface area contributed by atoms with Gasteiger partial charge in [-0.2, -0.15) is 0 Å². The lowest BCUT2D eigenvalue weighted by molar-refractivity contribution is -0.142. The van der Waals surface area contributed by atoms with Gasteiger partial charge in [0.15, 0.2) is 0 Å². The van der Waals surface area contributed by atoms with Gasteiger partial charge in [-0.1, -0.05) is 34.1 Å². The van der Waals surface area contributed by atoms with Crippen LogP contribution in [0.4, 0.5) is 0 Å². The number of rotatable bonds is 36. The van der Waals surface area contributed by atoms with Crippen LogP contribution in [0.25, 0.3) is 0 Å². The average molecular weight is 1090 g/mol. The van der Waals surface area contributed by atoms with E-state index in [1.54, 1.807) is 0 Å². The molecule has 430 valence electrons. The van der Waals surface area contributed by atoms with Gasteiger partial charge in [-0.05, 0) is 58.4 Å². The highest BCUT2D eigenvalue weighted by molar-refractivity contribution is 6.00. The molecule has 32 heteroatoms. The van der Waals surface area contributed by atoms with E-state index in [4.69, 9.17) is 33.8 Å². The van der Waals surface area contributed by atoms with Gasteiger partial charge in [0.05, 0.1) is 38.1 Å². The van der Waals surface area contributed by atoms with Gasteiger partial charge in [0.1, 0.15) is 54.4 Å². The molecule has 11 atom stereocenters. The van der Waals surface area contributed by atoms with Crippen molar-refractivity contribution in [1.29, 1.82) is 0 Å². The predicted molar refractivity (Wildman–Crippen MR) is 265 cm³/mol. The summed E-state index contributed by atoms with van der Waals surface area (Å²) in [6.45, 7) is 7.85. The minimum absolute atomic E-state index is 0.270. The summed E-state index contributed by atoms with van der Waals surface area (Å²) in [5.74, 6) is -16.6. The fourth-order valence-corrected chi connectivity index (χ4v) is 6.55. The zero-order valence-corrected chi connectivity index (χ0v) is 43.5. The van der Waals surface area contributed by atoms with Crippen LogP contribution >= 0.6 is 0 Å². The topological polar surface area (TPSA) is 550 Å². The number of amides is 13. The summed E-state index contributed by atoms with van der Waals surface area (Å²) < 4.78 is 0. The molecule has 0 rings (SSSR count). The number of carboxylic acid groups (broad SMARTS) is 1. The normalized spacial score (nSPS) is 15.4. The second kappa shape index (κ2) is 34.1. The average Bonchev–Trinajstić information content (AvgIpc) is 3.31. The van der Waals surface area contributed by atoms with Gasteiger partial charge in [0.2, 0.25) is 76.8 Å². The van der Waals surface area contributed by atoms with Crippen LogP contribution in [0.1, 0.15) is 93.4 Å². The van der Waals surface area contributed by atoms with Gasteiger partial charge in [0.25, 0.3) is 0 Å². The van der Waals surface area contributed by atoms with Crippen LogP contribution in [0.3, 0.4) is 0 Å². The van der Waals surface area contributed by atoms with Gasteiger partial charge < -0.3 is 97.2 Å². The highest BCUT2D eigenvalue weighted by Gasteiger charge is 2.36. The number of aliphatic hydroxyl groups excluding tert-OH is 2. The number of nitrogens with two attached hydrogens (primary N) is 5. The van der Waals surface area contributed by atoms with Gasteiger partial charge >= 0.3 is 5.97 Å². The summed E-state index contributed by atoms with van der Waals surface area (Å²) in [5, 5.41) is 51.9. The Morgan fingerprint density at radius 2 is 0.895 bits per heavy atom. The van der Waals surface area contributed by atoms with E-state index >= 15 is 0 Å². The summed E-state index contributed by atoms with van der Waals surface area (Å²) >= 11 is 0. The molecule has 0 bridgehead atoms. The van der Waals surface area contributed by atoms with E-state index in [1.165, 1.54) is 41.5 Å². The maximum atomic E-state index is 13.6. The third-order valence-corrected chi connectivity index (χ3v) is 11.0. The lowest BCUT2D eigenvalue weighted by Gasteiger charge is -2.28. The molecular weight excluding hydrogens is 1010 g/mol. The Bertz CT molecular complexity index is 2090. The van der Waals surface area contributed by atoms with Crippen molar-refractivity contribution >= 4 is 82.8 Å². The first-order valence-corrected chi connectivity index (χ1v) is 24.1. The van der Waals surface area contributed by atoms with Crippen molar-refractivity contribution in [2.45, 2.75) is 160 Å². The van der Waals surface area contributed by atoms with Crippen LogP contribution in [0.15, 0.2) is 0 Å². The summed E-state index contributed by atoms with van der Waals surface area (Å²) in [6, 6.07) is -15.5. The summed E-state index contributed by atoms with van der Waals surface area (Å²) in [4.78, 5) is 179. The first-order chi connectivity index (χ1) is 35.3. The number of unbranched alkanes of at least 4 members (excludes halogenated alkanes) is 1. The molecule has 76 heavy (non-hydrogen) atoms. The number of aliphatic carboxylic acids is 1. The van der Waals surface area contributed by atoms with Crippen LogP contribution in [0.2, 0.25) is 0 Å². The molecular formula is C44H77N15O17. The van der Waals surface area contributed by atoms with E-state index in [-0.39, 0.29) is 6.42 Å². The van der Waals surface area contributed by atoms with Crippen LogP contribution in [-0.4, -0.2) is 184 Å². The van der Waals surface area contributed by atoms with Crippen LogP contribution < -0.4 is 81.8 Å². The number of carbonyl (C=O) groups excluding carboxylic acids is 13. The van der Waals surface area contributed by atoms with E-state index < -0.39 is 200 Å². The molecule has 0 aromatic carbocycles. The minimum atomic E-state index is -1.87. The Labute approximate surface area is 437 Å². The number of hydrogen-bond acceptors (Lipinski definition) is 18. The third-order valence-electron chi connectivity index (χ3n) is 11.0. The third kappa shape index (κ3) is 25.6. The lowest BCUT2D eigenvalue weighted by Crippen LogP contribution is -2.61. The lowest BCUT2D eigenvalue weighted by atomic mass is 10.0. The maximum Gasteiger partial charge on any atom is 0.325 e. The van der Waals surface area contributed by atoms with E-state index in [2.05, 4.69) is 53.2 Å². The van der Waals surface area contributed by atoms with Gasteiger partial charge in [0, 0.05) is 6.42 Å². The van der Waals surface area contributed by atoms with E-state index in [1.807, 2.05) is 0 Å². The second-order valence-corrected chi connectivity index (χ2v) is 18.4. The second-order valence-electron chi connectivity index (χ2n) is 18.4. The standard InChI is InChI=1S/C44H77N15O17/c1-18(2)32(41(72)50-16-31(65)57-34(22(7)61)43(74)55-26(15-30(49)64)39(70)59-33(19(3)4)42(73)52-21(6)44(75)76)58-38(69)25(14-29(48)63)54-37(68)24(11-12-28(47)62)53-40(71)27(17-60)56-35(66)20(5)51-36(67)23(46)10-8-9-13-45/h18-27,32-34,60-61H,8-17,45-46H2,1-7H3,(H2,47,62)(H2,48,63)(H2,49,64)(H,50,72)(H,51,67)(H,52,73)(H,53,71)(H,54,68)(H,55,74)(H,56,66)(H,57,65)(H,58,69)(H,59,70)(H,75,76)/t20-,21-,22+,23-,24-,25-,26-,27-,32-,33-,34-/m0/s1. The quantitative estimate of drug-likeness (QED) is 0.0259. The predicted octanol–water partition coefficient (Wildman–Crippen LogP) is -9.25. The van der Waals surface area contributed by atoms with E-state index in [9.17, 15) is 77.3 Å². The van der Waals surface area contributed by atoms with Crippen molar-refractivity contribution < 1.29 is 82.4 Å². The molecule has 13 amide bonds. The zero-order chi connectivity index (χ0) is 58.7. The van der Waals surface area contributed by atoms with Crippen molar-refractivity contribution in [3.63, 3.8) is 0 Å². The summed E-state index contributed by atoms with van der Waals surface area (Å²) in [6.07, 6.45) is -3.07. The van der Waals surface area contributed by atoms with Crippen molar-refractivity contribution in [3.8, 4) is 0 Å². The zero-order valence-electron chi connectivity index (χ0n) is 43.5. The summed E-state index contributed by atoms with van der Waals surface area (Å²) in [7, 11) is 0. The minimum Gasteiger partial charge on any atom is -0.480 e. The van der Waals surface area contributed by atoms with Crippen molar-refractivity contribution in [2.24, 2.45) is 40.5 Å².